The number of carbonyl (C=O) groups excluding carboxylic acids is 3. The van der Waals surface area contributed by atoms with Gasteiger partial charge in [0.2, 0.25) is 11.8 Å². The molecule has 4 rings (SSSR count). The molecule has 1 atom stereocenters. The topological polar surface area (TPSA) is 107 Å². The molecule has 1 aliphatic heterocycles. The van der Waals surface area contributed by atoms with Gasteiger partial charge in [-0.3, -0.25) is 14.5 Å². The molecule has 1 fully saturated rings. The Morgan fingerprint density at radius 2 is 1.72 bits per heavy atom. The predicted octanol–water partition coefficient (Wildman–Crippen LogP) is 5.04. The predicted molar refractivity (Wildman–Crippen MR) is 151 cm³/mol. The van der Waals surface area contributed by atoms with Crippen molar-refractivity contribution in [1.82, 2.24) is 4.90 Å². The molecule has 0 saturated carbocycles. The number of carbonyl (C=O) groups is 3. The van der Waals surface area contributed by atoms with Crippen molar-refractivity contribution in [3.05, 3.63) is 83.9 Å². The van der Waals surface area contributed by atoms with Gasteiger partial charge in [-0.05, 0) is 61.0 Å². The summed E-state index contributed by atoms with van der Waals surface area (Å²) < 4.78 is 15.8. The highest BCUT2D eigenvalue weighted by Gasteiger charge is 2.36. The number of esters is 1. The van der Waals surface area contributed by atoms with Crippen LogP contribution in [0.1, 0.15) is 29.3 Å². The molecule has 0 radical (unpaired) electrons. The summed E-state index contributed by atoms with van der Waals surface area (Å²) in [6, 6.07) is 21.1. The molecule has 3 aromatic rings. The first-order valence-corrected chi connectivity index (χ1v) is 13.2. The summed E-state index contributed by atoms with van der Waals surface area (Å²) in [5, 5.41) is 2.58. The Hall–Kier alpha value is -4.31. The minimum Gasteiger partial charge on any atom is -0.493 e. The number of para-hydroxylation sites is 1. The number of nitrogens with zero attached hydrogens (tertiary/aromatic N) is 2. The largest absolute Gasteiger partial charge is 0.493 e. The van der Waals surface area contributed by atoms with E-state index in [0.29, 0.717) is 33.6 Å². The average molecular weight is 548 g/mol. The lowest BCUT2D eigenvalue weighted by Crippen LogP contribution is -2.44. The van der Waals surface area contributed by atoms with E-state index in [1.165, 1.54) is 11.8 Å². The molecule has 1 saturated heterocycles. The lowest BCUT2D eigenvalue weighted by molar-refractivity contribution is -0.129. The van der Waals surface area contributed by atoms with E-state index >= 15 is 0 Å². The average Bonchev–Trinajstić information content (AvgIpc) is 2.95. The van der Waals surface area contributed by atoms with E-state index < -0.39 is 11.2 Å². The quantitative estimate of drug-likeness (QED) is 0.374. The zero-order valence-electron chi connectivity index (χ0n) is 21.9. The molecule has 1 aliphatic rings. The number of benzene rings is 3. The smallest absolute Gasteiger partial charge is 0.338 e. The van der Waals surface area contributed by atoms with Gasteiger partial charge < -0.3 is 19.5 Å². The molecule has 0 aromatic heterocycles. The van der Waals surface area contributed by atoms with E-state index in [1.54, 1.807) is 74.6 Å². The molecule has 0 aliphatic carbocycles. The lowest BCUT2D eigenvalue weighted by atomic mass is 10.1. The number of hydrogen-bond acceptors (Lipinski definition) is 8. The number of ether oxygens (including phenoxy) is 3. The first-order chi connectivity index (χ1) is 18.9. The Labute approximate surface area is 231 Å². The van der Waals surface area contributed by atoms with Gasteiger partial charge in [0.05, 0.1) is 38.6 Å². The summed E-state index contributed by atoms with van der Waals surface area (Å²) in [7, 11) is 3.10. The molecule has 10 heteroatoms. The fourth-order valence-electron chi connectivity index (χ4n) is 3.90. The van der Waals surface area contributed by atoms with E-state index in [4.69, 9.17) is 19.2 Å². The van der Waals surface area contributed by atoms with Crippen LogP contribution in [-0.4, -0.2) is 53.9 Å². The van der Waals surface area contributed by atoms with E-state index in [1.807, 2.05) is 24.3 Å². The number of aliphatic imine (C=N–C) groups is 1. The number of nitrogens with one attached hydrogen (secondary N) is 1. The van der Waals surface area contributed by atoms with E-state index in [-0.39, 0.29) is 31.4 Å². The van der Waals surface area contributed by atoms with Crippen molar-refractivity contribution in [2.75, 3.05) is 26.1 Å². The maximum absolute atomic E-state index is 13.4. The zero-order valence-corrected chi connectivity index (χ0v) is 22.7. The standard InChI is InChI=1S/C29H29N3O6S/c1-4-38-28(35)20-11-13-22(14-12-20)31-29-32(18-19-10-15-23(36-2)24(16-19)37-3)26(33)17-25(39-29)27(34)30-21-8-6-5-7-9-21/h5-16,25H,4,17-18H2,1-3H3,(H,30,34). The maximum Gasteiger partial charge on any atom is 0.338 e. The van der Waals surface area contributed by atoms with Gasteiger partial charge in [-0.2, -0.15) is 0 Å². The second-order valence-corrected chi connectivity index (χ2v) is 9.67. The van der Waals surface area contributed by atoms with E-state index in [2.05, 4.69) is 5.32 Å². The van der Waals surface area contributed by atoms with Crippen LogP contribution >= 0.6 is 11.8 Å². The minimum absolute atomic E-state index is 0.0113. The van der Waals surface area contributed by atoms with Crippen LogP contribution in [-0.2, 0) is 20.9 Å². The van der Waals surface area contributed by atoms with Crippen LogP contribution in [0.3, 0.4) is 0 Å². The molecule has 39 heavy (non-hydrogen) atoms. The molecular formula is C29H29N3O6S. The van der Waals surface area contributed by atoms with Crippen molar-refractivity contribution in [3.63, 3.8) is 0 Å². The van der Waals surface area contributed by atoms with Crippen molar-refractivity contribution < 1.29 is 28.6 Å². The molecule has 0 spiro atoms. The third-order valence-corrected chi connectivity index (χ3v) is 7.05. The lowest BCUT2D eigenvalue weighted by Gasteiger charge is -2.32. The fraction of sp³-hybridized carbons (Fsp3) is 0.241. The molecule has 202 valence electrons. The van der Waals surface area contributed by atoms with E-state index in [0.717, 1.165) is 5.56 Å². The van der Waals surface area contributed by atoms with Crippen LogP contribution in [0.5, 0.6) is 11.5 Å². The van der Waals surface area contributed by atoms with Gasteiger partial charge in [0.15, 0.2) is 16.7 Å². The van der Waals surface area contributed by atoms with Crippen LogP contribution in [0.4, 0.5) is 11.4 Å². The van der Waals surface area contributed by atoms with Crippen LogP contribution in [0, 0.1) is 0 Å². The monoisotopic (exact) mass is 547 g/mol. The highest BCUT2D eigenvalue weighted by atomic mass is 32.2. The number of rotatable bonds is 9. The van der Waals surface area contributed by atoms with Crippen LogP contribution < -0.4 is 14.8 Å². The van der Waals surface area contributed by atoms with Crippen molar-refractivity contribution in [2.45, 2.75) is 25.1 Å². The third-order valence-electron chi connectivity index (χ3n) is 5.87. The maximum atomic E-state index is 13.4. The van der Waals surface area contributed by atoms with Gasteiger partial charge in [0, 0.05) is 12.1 Å². The number of methoxy groups -OCH3 is 2. The van der Waals surface area contributed by atoms with Gasteiger partial charge in [-0.15, -0.1) is 0 Å². The Morgan fingerprint density at radius 1 is 1.00 bits per heavy atom. The Morgan fingerprint density at radius 3 is 2.38 bits per heavy atom. The Balaban J connectivity index is 1.62. The number of hydrogen-bond donors (Lipinski definition) is 1. The first kappa shape index (κ1) is 27.7. The Bertz CT molecular complexity index is 1360. The van der Waals surface area contributed by atoms with Gasteiger partial charge in [0.25, 0.3) is 0 Å². The van der Waals surface area contributed by atoms with Crippen LogP contribution in [0.25, 0.3) is 0 Å². The second kappa shape index (κ2) is 13.0. The van der Waals surface area contributed by atoms with Gasteiger partial charge >= 0.3 is 5.97 Å². The molecule has 3 aromatic carbocycles. The first-order valence-electron chi connectivity index (χ1n) is 12.3. The van der Waals surface area contributed by atoms with E-state index in [9.17, 15) is 14.4 Å². The SMILES string of the molecule is CCOC(=O)c1ccc(N=C2SC(C(=O)Nc3ccccc3)CC(=O)N2Cc2ccc(OC)c(OC)c2)cc1. The fourth-order valence-corrected chi connectivity index (χ4v) is 5.00. The molecule has 2 amide bonds. The summed E-state index contributed by atoms with van der Waals surface area (Å²) in [6.45, 7) is 2.24. The number of amides is 2. The Kier molecular flexibility index (Phi) is 9.22. The van der Waals surface area contributed by atoms with Crippen molar-refractivity contribution in [3.8, 4) is 11.5 Å². The molecule has 9 nitrogen and oxygen atoms in total. The van der Waals surface area contributed by atoms with Gasteiger partial charge in [-0.1, -0.05) is 36.0 Å². The highest BCUT2D eigenvalue weighted by Crippen LogP contribution is 2.33. The second-order valence-electron chi connectivity index (χ2n) is 8.50. The number of amidine groups is 1. The van der Waals surface area contributed by atoms with Crippen LogP contribution in [0.15, 0.2) is 77.8 Å². The summed E-state index contributed by atoms with van der Waals surface area (Å²) >= 11 is 1.22. The zero-order chi connectivity index (χ0) is 27.8. The normalized spacial score (nSPS) is 16.1. The minimum atomic E-state index is -0.670. The van der Waals surface area contributed by atoms with Gasteiger partial charge in [0.1, 0.15) is 5.25 Å². The summed E-state index contributed by atoms with van der Waals surface area (Å²) in [5.41, 5.74) is 2.38. The number of thioether (sulfide) groups is 1. The summed E-state index contributed by atoms with van der Waals surface area (Å²) in [6.07, 6.45) is 0.0113. The van der Waals surface area contributed by atoms with Crippen molar-refractivity contribution in [1.29, 1.82) is 0 Å². The van der Waals surface area contributed by atoms with Gasteiger partial charge in [-0.25, -0.2) is 9.79 Å². The molecule has 1 unspecified atom stereocenters. The highest BCUT2D eigenvalue weighted by molar-refractivity contribution is 8.15. The van der Waals surface area contributed by atoms with Crippen molar-refractivity contribution >= 4 is 46.1 Å². The molecular weight excluding hydrogens is 518 g/mol. The third kappa shape index (κ3) is 6.97. The summed E-state index contributed by atoms with van der Waals surface area (Å²) in [4.78, 5) is 44.8. The summed E-state index contributed by atoms with van der Waals surface area (Å²) in [5.74, 6) is 0.176. The molecule has 1 N–H and O–H groups in total. The van der Waals surface area contributed by atoms with Crippen molar-refractivity contribution in [2.24, 2.45) is 4.99 Å². The molecule has 0 bridgehead atoms. The van der Waals surface area contributed by atoms with Crippen LogP contribution in [0.2, 0.25) is 0 Å². The number of anilines is 1. The molecule has 1 heterocycles.